The molecule has 4 nitrogen and oxygen atoms in total. The second-order valence-electron chi connectivity index (χ2n) is 5.89. The number of rotatable bonds is 2. The molecule has 3 rings (SSSR count). The average molecular weight is 351 g/mol. The molecule has 0 atom stereocenters. The first-order valence-corrected chi connectivity index (χ1v) is 8.12. The lowest BCUT2D eigenvalue weighted by atomic mass is 9.87. The highest BCUT2D eigenvalue weighted by atomic mass is 79.9. The summed E-state index contributed by atoms with van der Waals surface area (Å²) >= 11 is 3.57. The molecular formula is C16H19BrN2O2. The Morgan fingerprint density at radius 3 is 2.38 bits per heavy atom. The monoisotopic (exact) mass is 350 g/mol. The highest BCUT2D eigenvalue weighted by Gasteiger charge is 2.25. The van der Waals surface area contributed by atoms with Gasteiger partial charge < -0.3 is 9.63 Å². The van der Waals surface area contributed by atoms with Crippen LogP contribution in [-0.2, 0) is 0 Å². The molecule has 2 aromatic rings. The second-order valence-corrected chi connectivity index (χ2v) is 6.68. The van der Waals surface area contributed by atoms with Gasteiger partial charge in [0.05, 0.1) is 6.10 Å². The molecule has 1 aromatic carbocycles. The van der Waals surface area contributed by atoms with E-state index in [0.717, 1.165) is 46.8 Å². The minimum atomic E-state index is -0.166. The van der Waals surface area contributed by atoms with Crippen LogP contribution in [0.4, 0.5) is 0 Å². The number of hydrogen-bond acceptors (Lipinski definition) is 4. The maximum Gasteiger partial charge on any atom is 0.230 e. The van der Waals surface area contributed by atoms with Gasteiger partial charge in [0.2, 0.25) is 11.7 Å². The third-order valence-corrected chi connectivity index (χ3v) is 5.43. The van der Waals surface area contributed by atoms with Gasteiger partial charge in [-0.3, -0.25) is 0 Å². The Balaban J connectivity index is 1.85. The van der Waals surface area contributed by atoms with E-state index in [-0.39, 0.29) is 12.0 Å². The van der Waals surface area contributed by atoms with Crippen molar-refractivity contribution in [2.24, 2.45) is 0 Å². The fourth-order valence-corrected chi connectivity index (χ4v) is 3.14. The lowest BCUT2D eigenvalue weighted by Gasteiger charge is -2.22. The normalized spacial score (nSPS) is 22.5. The number of aliphatic hydroxyl groups is 1. The van der Waals surface area contributed by atoms with Gasteiger partial charge in [0.1, 0.15) is 0 Å². The van der Waals surface area contributed by atoms with Crippen LogP contribution in [-0.4, -0.2) is 21.4 Å². The zero-order valence-corrected chi connectivity index (χ0v) is 13.9. The number of nitrogens with zero attached hydrogens (tertiary/aromatic N) is 2. The van der Waals surface area contributed by atoms with Crippen molar-refractivity contribution in [3.8, 4) is 11.4 Å². The van der Waals surface area contributed by atoms with Crippen LogP contribution >= 0.6 is 15.9 Å². The predicted octanol–water partition coefficient (Wildman–Crippen LogP) is 4.13. The zero-order valence-electron chi connectivity index (χ0n) is 12.3. The quantitative estimate of drug-likeness (QED) is 0.884. The molecular weight excluding hydrogens is 332 g/mol. The Hall–Kier alpha value is -1.20. The first-order chi connectivity index (χ1) is 10.0. The van der Waals surface area contributed by atoms with Gasteiger partial charge in [0.25, 0.3) is 0 Å². The fourth-order valence-electron chi connectivity index (χ4n) is 2.92. The van der Waals surface area contributed by atoms with E-state index in [1.54, 1.807) is 0 Å². The van der Waals surface area contributed by atoms with E-state index in [1.807, 2.05) is 0 Å². The van der Waals surface area contributed by atoms with E-state index >= 15 is 0 Å². The number of aryl methyl sites for hydroxylation is 2. The Labute approximate surface area is 132 Å². The zero-order chi connectivity index (χ0) is 15.0. The SMILES string of the molecule is Cc1cc(-c2noc(C3CCC(O)CC3)n2)cc(C)c1Br. The number of halogens is 1. The van der Waals surface area contributed by atoms with Crippen LogP contribution in [0.3, 0.4) is 0 Å². The van der Waals surface area contributed by atoms with Gasteiger partial charge in [-0.05, 0) is 62.8 Å². The number of benzene rings is 1. The summed E-state index contributed by atoms with van der Waals surface area (Å²) in [5, 5.41) is 13.7. The first-order valence-electron chi connectivity index (χ1n) is 7.33. The highest BCUT2D eigenvalue weighted by molar-refractivity contribution is 9.10. The minimum absolute atomic E-state index is 0.166. The molecule has 0 unspecified atom stereocenters. The molecule has 0 radical (unpaired) electrons. The maximum absolute atomic E-state index is 9.57. The number of aromatic nitrogens is 2. The molecule has 5 heteroatoms. The number of aliphatic hydroxyl groups excluding tert-OH is 1. The molecule has 0 saturated heterocycles. The van der Waals surface area contributed by atoms with Crippen LogP contribution < -0.4 is 0 Å². The number of hydrogen-bond donors (Lipinski definition) is 1. The molecule has 0 bridgehead atoms. The molecule has 1 aromatic heterocycles. The van der Waals surface area contributed by atoms with Crippen LogP contribution in [0.2, 0.25) is 0 Å². The van der Waals surface area contributed by atoms with Gasteiger partial charge in [-0.1, -0.05) is 21.1 Å². The maximum atomic E-state index is 9.57. The van der Waals surface area contributed by atoms with Crippen molar-refractivity contribution in [2.75, 3.05) is 0 Å². The van der Waals surface area contributed by atoms with E-state index in [9.17, 15) is 5.11 Å². The lowest BCUT2D eigenvalue weighted by Crippen LogP contribution is -2.17. The van der Waals surface area contributed by atoms with Crippen molar-refractivity contribution >= 4 is 15.9 Å². The molecule has 1 fully saturated rings. The van der Waals surface area contributed by atoms with Crippen molar-refractivity contribution in [1.29, 1.82) is 0 Å². The summed E-state index contributed by atoms with van der Waals surface area (Å²) in [5.74, 6) is 1.64. The van der Waals surface area contributed by atoms with Crippen LogP contribution in [0.25, 0.3) is 11.4 Å². The minimum Gasteiger partial charge on any atom is -0.393 e. The molecule has 0 aliphatic heterocycles. The summed E-state index contributed by atoms with van der Waals surface area (Å²) in [4.78, 5) is 4.57. The summed E-state index contributed by atoms with van der Waals surface area (Å²) in [6.45, 7) is 4.12. The third-order valence-electron chi connectivity index (χ3n) is 4.18. The van der Waals surface area contributed by atoms with Crippen LogP contribution in [0.15, 0.2) is 21.1 Å². The molecule has 1 saturated carbocycles. The van der Waals surface area contributed by atoms with Crippen molar-refractivity contribution < 1.29 is 9.63 Å². The van der Waals surface area contributed by atoms with E-state index < -0.39 is 0 Å². The summed E-state index contributed by atoms with van der Waals surface area (Å²) in [5.41, 5.74) is 3.31. The van der Waals surface area contributed by atoms with Gasteiger partial charge in [0.15, 0.2) is 0 Å². The van der Waals surface area contributed by atoms with E-state index in [2.05, 4.69) is 52.1 Å². The van der Waals surface area contributed by atoms with Crippen molar-refractivity contribution in [3.63, 3.8) is 0 Å². The molecule has 1 N–H and O–H groups in total. The summed E-state index contributed by atoms with van der Waals surface area (Å²) in [7, 11) is 0. The fraction of sp³-hybridized carbons (Fsp3) is 0.500. The lowest BCUT2D eigenvalue weighted by molar-refractivity contribution is 0.116. The second kappa shape index (κ2) is 5.89. The Morgan fingerprint density at radius 1 is 1.14 bits per heavy atom. The molecule has 1 heterocycles. The average Bonchev–Trinajstić information content (AvgIpc) is 2.95. The summed E-state index contributed by atoms with van der Waals surface area (Å²) < 4.78 is 6.57. The first kappa shape index (κ1) is 14.7. The highest BCUT2D eigenvalue weighted by Crippen LogP contribution is 2.33. The van der Waals surface area contributed by atoms with Crippen molar-refractivity contribution in [3.05, 3.63) is 33.6 Å². The molecule has 0 amide bonds. The van der Waals surface area contributed by atoms with Gasteiger partial charge in [-0.25, -0.2) is 0 Å². The Bertz CT molecular complexity index is 622. The Kier molecular flexibility index (Phi) is 4.13. The van der Waals surface area contributed by atoms with Crippen LogP contribution in [0.1, 0.15) is 48.6 Å². The largest absolute Gasteiger partial charge is 0.393 e. The molecule has 1 aliphatic carbocycles. The van der Waals surface area contributed by atoms with Crippen LogP contribution in [0, 0.1) is 13.8 Å². The van der Waals surface area contributed by atoms with Gasteiger partial charge in [0, 0.05) is 16.0 Å². The smallest absolute Gasteiger partial charge is 0.230 e. The van der Waals surface area contributed by atoms with Crippen molar-refractivity contribution in [2.45, 2.75) is 51.6 Å². The van der Waals surface area contributed by atoms with Gasteiger partial charge in [-0.2, -0.15) is 4.98 Å². The van der Waals surface area contributed by atoms with Crippen molar-refractivity contribution in [1.82, 2.24) is 10.1 Å². The van der Waals surface area contributed by atoms with Gasteiger partial charge in [-0.15, -0.1) is 0 Å². The van der Waals surface area contributed by atoms with Gasteiger partial charge >= 0.3 is 0 Å². The van der Waals surface area contributed by atoms with E-state index in [0.29, 0.717) is 11.7 Å². The molecule has 0 spiro atoms. The Morgan fingerprint density at radius 2 is 1.76 bits per heavy atom. The third kappa shape index (κ3) is 3.04. The van der Waals surface area contributed by atoms with E-state index in [1.165, 1.54) is 0 Å². The standard InChI is InChI=1S/C16H19BrN2O2/c1-9-7-12(8-10(2)14(9)17)15-18-16(21-19-15)11-3-5-13(20)6-4-11/h7-8,11,13,20H,3-6H2,1-2H3. The molecule has 21 heavy (non-hydrogen) atoms. The van der Waals surface area contributed by atoms with E-state index in [4.69, 9.17) is 4.52 Å². The van der Waals surface area contributed by atoms with Crippen LogP contribution in [0.5, 0.6) is 0 Å². The topological polar surface area (TPSA) is 59.2 Å². The predicted molar refractivity (Wildman–Crippen MR) is 84.1 cm³/mol. The molecule has 112 valence electrons. The molecule has 1 aliphatic rings. The summed E-state index contributed by atoms with van der Waals surface area (Å²) in [6, 6.07) is 4.13. The summed E-state index contributed by atoms with van der Waals surface area (Å²) in [6.07, 6.45) is 3.31.